The molecule has 2 amide bonds. The van der Waals surface area contributed by atoms with Gasteiger partial charge in [0.1, 0.15) is 12.1 Å². The van der Waals surface area contributed by atoms with Crippen LogP contribution in [0.2, 0.25) is 0 Å². The summed E-state index contributed by atoms with van der Waals surface area (Å²) in [6.45, 7) is 9.11. The van der Waals surface area contributed by atoms with E-state index >= 15 is 0 Å². The molecule has 9 heteroatoms. The molecule has 0 bridgehead atoms. The quantitative estimate of drug-likeness (QED) is 0.523. The number of hydrogen-bond donors (Lipinski definition) is 2. The Kier molecular flexibility index (Phi) is 7.91. The second kappa shape index (κ2) is 9.95. The molecule has 0 aliphatic carbocycles. The number of likely N-dealkylation sites (tertiary alicyclic amines) is 1. The topological polar surface area (TPSA) is 95.5 Å². The molecule has 160 valence electrons. The Labute approximate surface area is 167 Å². The number of hydrogen-bond acceptors (Lipinski definition) is 5. The number of carbonyl (C=O) groups excluding carboxylic acids is 2. The number of likely N-dealkylation sites (N-methyl/N-ethyl adjacent to an activating group) is 1. The Morgan fingerprint density at radius 1 is 1.29 bits per heavy atom. The Hall–Kier alpha value is -2.03. The molecule has 2 fully saturated rings. The predicted molar refractivity (Wildman–Crippen MR) is 107 cm³/mol. The molecule has 2 rings (SSSR count). The number of ether oxygens (including phenoxy) is 2. The van der Waals surface area contributed by atoms with E-state index in [1.54, 1.807) is 19.0 Å². The fourth-order valence-corrected chi connectivity index (χ4v) is 2.99. The van der Waals surface area contributed by atoms with Crippen LogP contribution in [-0.2, 0) is 14.3 Å². The lowest BCUT2D eigenvalue weighted by Gasteiger charge is -2.24. The molecule has 28 heavy (non-hydrogen) atoms. The monoisotopic (exact) mass is 397 g/mol. The summed E-state index contributed by atoms with van der Waals surface area (Å²) in [5.41, 5.74) is -0.507. The zero-order valence-electron chi connectivity index (χ0n) is 17.8. The largest absolute Gasteiger partial charge is 0.444 e. The molecular weight excluding hydrogens is 362 g/mol. The van der Waals surface area contributed by atoms with E-state index in [4.69, 9.17) is 9.47 Å². The molecule has 0 radical (unpaired) electrons. The Bertz CT molecular complexity index is 567. The second-order valence-electron chi connectivity index (χ2n) is 8.62. The summed E-state index contributed by atoms with van der Waals surface area (Å²) in [5, 5.41) is 6.68. The lowest BCUT2D eigenvalue weighted by atomic mass is 10.1. The van der Waals surface area contributed by atoms with Crippen LogP contribution in [0.3, 0.4) is 0 Å². The first kappa shape index (κ1) is 22.3. The van der Waals surface area contributed by atoms with Crippen molar-refractivity contribution in [2.24, 2.45) is 10.9 Å². The standard InChI is InChI=1S/C19H35N5O4/c1-19(2,3)28-18(26)24-8-6-15(12-24)22-17(21-11-16(25)23(4)5)20-10-14-7-9-27-13-14/h14-15H,6-13H2,1-5H3,(H2,20,21,22). The number of guanidine groups is 1. The van der Waals surface area contributed by atoms with Crippen molar-refractivity contribution in [2.45, 2.75) is 45.3 Å². The average molecular weight is 398 g/mol. The van der Waals surface area contributed by atoms with Crippen LogP contribution in [0.1, 0.15) is 33.6 Å². The van der Waals surface area contributed by atoms with Crippen molar-refractivity contribution in [1.82, 2.24) is 20.4 Å². The minimum atomic E-state index is -0.507. The summed E-state index contributed by atoms with van der Waals surface area (Å²) in [6.07, 6.45) is 1.52. The molecule has 0 aromatic rings. The molecule has 2 heterocycles. The number of carbonyl (C=O) groups is 2. The highest BCUT2D eigenvalue weighted by atomic mass is 16.6. The van der Waals surface area contributed by atoms with Gasteiger partial charge in [0.05, 0.1) is 6.61 Å². The smallest absolute Gasteiger partial charge is 0.410 e. The van der Waals surface area contributed by atoms with Crippen molar-refractivity contribution in [2.75, 3.05) is 53.5 Å². The van der Waals surface area contributed by atoms with Gasteiger partial charge >= 0.3 is 6.09 Å². The molecule has 2 saturated heterocycles. The van der Waals surface area contributed by atoms with Crippen molar-refractivity contribution in [3.63, 3.8) is 0 Å². The van der Waals surface area contributed by atoms with Crippen LogP contribution in [0.25, 0.3) is 0 Å². The van der Waals surface area contributed by atoms with Gasteiger partial charge in [-0.2, -0.15) is 0 Å². The third-order valence-electron chi connectivity index (χ3n) is 4.63. The van der Waals surface area contributed by atoms with Crippen LogP contribution >= 0.6 is 0 Å². The highest BCUT2D eigenvalue weighted by molar-refractivity contribution is 5.85. The first-order chi connectivity index (χ1) is 13.1. The predicted octanol–water partition coefficient (Wildman–Crippen LogP) is 0.656. The fraction of sp³-hybridized carbons (Fsp3) is 0.842. The summed E-state index contributed by atoms with van der Waals surface area (Å²) >= 11 is 0. The maximum absolute atomic E-state index is 12.2. The van der Waals surface area contributed by atoms with E-state index in [0.717, 1.165) is 32.6 Å². The lowest BCUT2D eigenvalue weighted by molar-refractivity contribution is -0.127. The molecule has 2 atom stereocenters. The van der Waals surface area contributed by atoms with Gasteiger partial charge in [0.25, 0.3) is 0 Å². The van der Waals surface area contributed by atoms with E-state index in [-0.39, 0.29) is 24.6 Å². The summed E-state index contributed by atoms with van der Waals surface area (Å²) in [6, 6.07) is 0.0630. The van der Waals surface area contributed by atoms with Gasteiger partial charge in [-0.05, 0) is 33.6 Å². The van der Waals surface area contributed by atoms with Crippen LogP contribution < -0.4 is 10.6 Å². The molecule has 2 N–H and O–H groups in total. The van der Waals surface area contributed by atoms with Gasteiger partial charge in [-0.1, -0.05) is 0 Å². The summed E-state index contributed by atoms with van der Waals surface area (Å²) < 4.78 is 10.9. The van der Waals surface area contributed by atoms with Gasteiger partial charge in [-0.15, -0.1) is 0 Å². The van der Waals surface area contributed by atoms with Crippen LogP contribution in [0.4, 0.5) is 4.79 Å². The number of nitrogens with zero attached hydrogens (tertiary/aromatic N) is 3. The number of amides is 2. The molecule has 0 spiro atoms. The summed E-state index contributed by atoms with van der Waals surface area (Å²) in [5.74, 6) is 0.976. The molecule has 0 saturated carbocycles. The van der Waals surface area contributed by atoms with Gasteiger partial charge < -0.3 is 29.9 Å². The van der Waals surface area contributed by atoms with Gasteiger partial charge in [0.15, 0.2) is 5.96 Å². The average Bonchev–Trinajstić information content (AvgIpc) is 3.27. The Morgan fingerprint density at radius 2 is 2.04 bits per heavy atom. The maximum Gasteiger partial charge on any atom is 0.410 e. The third kappa shape index (κ3) is 7.53. The first-order valence-corrected chi connectivity index (χ1v) is 9.94. The molecule has 2 aliphatic heterocycles. The fourth-order valence-electron chi connectivity index (χ4n) is 2.99. The zero-order chi connectivity index (χ0) is 20.7. The van der Waals surface area contributed by atoms with E-state index in [2.05, 4.69) is 15.6 Å². The van der Waals surface area contributed by atoms with Gasteiger partial charge in [0.2, 0.25) is 5.91 Å². The van der Waals surface area contributed by atoms with Crippen molar-refractivity contribution in [1.29, 1.82) is 0 Å². The van der Waals surface area contributed by atoms with Crippen molar-refractivity contribution < 1.29 is 19.1 Å². The minimum absolute atomic E-state index is 0.0629. The maximum atomic E-state index is 12.2. The second-order valence-corrected chi connectivity index (χ2v) is 8.62. The van der Waals surface area contributed by atoms with E-state index in [1.807, 2.05) is 20.8 Å². The van der Waals surface area contributed by atoms with E-state index in [0.29, 0.717) is 25.0 Å². The molecular formula is C19H35N5O4. The van der Waals surface area contributed by atoms with Crippen molar-refractivity contribution >= 4 is 18.0 Å². The molecule has 2 unspecified atom stereocenters. The van der Waals surface area contributed by atoms with Gasteiger partial charge in [0, 0.05) is 52.3 Å². The zero-order valence-corrected chi connectivity index (χ0v) is 17.8. The van der Waals surface area contributed by atoms with Crippen molar-refractivity contribution in [3.05, 3.63) is 0 Å². The van der Waals surface area contributed by atoms with Crippen molar-refractivity contribution in [3.8, 4) is 0 Å². The molecule has 2 aliphatic rings. The number of aliphatic imine (C=N–C) groups is 1. The normalized spacial score (nSPS) is 22.9. The molecule has 9 nitrogen and oxygen atoms in total. The van der Waals surface area contributed by atoms with Crippen LogP contribution in [-0.4, -0.2) is 92.9 Å². The van der Waals surface area contributed by atoms with Crippen LogP contribution in [0.5, 0.6) is 0 Å². The Balaban J connectivity index is 1.90. The third-order valence-corrected chi connectivity index (χ3v) is 4.63. The minimum Gasteiger partial charge on any atom is -0.444 e. The number of rotatable bonds is 5. The Morgan fingerprint density at radius 3 is 2.64 bits per heavy atom. The highest BCUT2D eigenvalue weighted by Crippen LogP contribution is 2.15. The summed E-state index contributed by atoms with van der Waals surface area (Å²) in [7, 11) is 3.42. The highest BCUT2D eigenvalue weighted by Gasteiger charge is 2.30. The SMILES string of the molecule is CN(C)C(=O)CN=C(NCC1CCOC1)NC1CCN(C(=O)OC(C)(C)C)C1. The number of nitrogens with one attached hydrogen (secondary N) is 2. The lowest BCUT2D eigenvalue weighted by Crippen LogP contribution is -2.47. The molecule has 0 aromatic carbocycles. The van der Waals surface area contributed by atoms with Gasteiger partial charge in [-0.3, -0.25) is 4.79 Å². The van der Waals surface area contributed by atoms with E-state index in [1.165, 1.54) is 4.90 Å². The first-order valence-electron chi connectivity index (χ1n) is 9.94. The summed E-state index contributed by atoms with van der Waals surface area (Å²) in [4.78, 5) is 31.8. The van der Waals surface area contributed by atoms with E-state index < -0.39 is 5.60 Å². The van der Waals surface area contributed by atoms with E-state index in [9.17, 15) is 9.59 Å². The van der Waals surface area contributed by atoms with Gasteiger partial charge in [-0.25, -0.2) is 9.79 Å². The van der Waals surface area contributed by atoms with Crippen LogP contribution in [0.15, 0.2) is 4.99 Å². The van der Waals surface area contributed by atoms with Crippen LogP contribution in [0, 0.1) is 5.92 Å². The molecule has 0 aromatic heterocycles.